The third kappa shape index (κ3) is 2.27. The molecule has 3 heteroatoms. The molecule has 0 fully saturated rings. The number of nitrogens with zero attached hydrogens (tertiary/aromatic N) is 2. The molecule has 4 aromatic rings. The van der Waals surface area contributed by atoms with Crippen LogP contribution in [0.5, 0.6) is 5.88 Å². The Hall–Kier alpha value is -2.94. The molecule has 0 spiro atoms. The van der Waals surface area contributed by atoms with Crippen molar-refractivity contribution in [2.24, 2.45) is 0 Å². The molecule has 0 aliphatic rings. The lowest BCUT2D eigenvalue weighted by Crippen LogP contribution is -1.99. The summed E-state index contributed by atoms with van der Waals surface area (Å²) in [7, 11) is 0. The Morgan fingerprint density at radius 1 is 0.727 bits per heavy atom. The minimum Gasteiger partial charge on any atom is -0.472 e. The highest BCUT2D eigenvalue weighted by Crippen LogP contribution is 2.24. The van der Waals surface area contributed by atoms with E-state index in [1.54, 1.807) is 6.33 Å². The van der Waals surface area contributed by atoms with Crippen molar-refractivity contribution in [3.8, 4) is 5.88 Å². The Labute approximate surface area is 128 Å². The Morgan fingerprint density at radius 3 is 2.45 bits per heavy atom. The van der Waals surface area contributed by atoms with Gasteiger partial charge in [-0.15, -0.1) is 0 Å². The van der Waals surface area contributed by atoms with Crippen LogP contribution in [-0.4, -0.2) is 9.97 Å². The quantitative estimate of drug-likeness (QED) is 0.561. The molecule has 3 aromatic carbocycles. The first-order chi connectivity index (χ1) is 10.9. The predicted octanol–water partition coefficient (Wildman–Crippen LogP) is 4.36. The smallest absolute Gasteiger partial charge is 0.224 e. The lowest BCUT2D eigenvalue weighted by atomic mass is 10.1. The van der Waals surface area contributed by atoms with Crippen molar-refractivity contribution in [2.75, 3.05) is 0 Å². The normalized spacial score (nSPS) is 10.9. The van der Waals surface area contributed by atoms with Crippen molar-refractivity contribution in [3.63, 3.8) is 0 Å². The number of ether oxygens (including phenoxy) is 1. The highest BCUT2D eigenvalue weighted by Gasteiger charge is 2.06. The summed E-state index contributed by atoms with van der Waals surface area (Å²) in [5.41, 5.74) is 2.05. The van der Waals surface area contributed by atoms with Gasteiger partial charge < -0.3 is 4.74 Å². The van der Waals surface area contributed by atoms with Crippen LogP contribution in [0.25, 0.3) is 21.7 Å². The summed E-state index contributed by atoms with van der Waals surface area (Å²) in [6.45, 7) is 0.488. The van der Waals surface area contributed by atoms with Crippen LogP contribution in [-0.2, 0) is 6.61 Å². The molecule has 0 saturated heterocycles. The number of hydrogen-bond donors (Lipinski definition) is 0. The summed E-state index contributed by atoms with van der Waals surface area (Å²) in [5, 5.41) is 3.37. The van der Waals surface area contributed by atoms with E-state index in [2.05, 4.69) is 40.3 Å². The zero-order chi connectivity index (χ0) is 14.8. The van der Waals surface area contributed by atoms with Gasteiger partial charge in [-0.05, 0) is 28.5 Å². The van der Waals surface area contributed by atoms with Gasteiger partial charge in [0.2, 0.25) is 5.88 Å². The van der Waals surface area contributed by atoms with Gasteiger partial charge in [0.05, 0.1) is 10.9 Å². The van der Waals surface area contributed by atoms with Gasteiger partial charge in [-0.3, -0.25) is 0 Å². The topological polar surface area (TPSA) is 35.0 Å². The maximum Gasteiger partial charge on any atom is 0.224 e. The Morgan fingerprint density at radius 2 is 1.50 bits per heavy atom. The molecule has 1 aromatic heterocycles. The first-order valence-corrected chi connectivity index (χ1v) is 7.21. The van der Waals surface area contributed by atoms with E-state index in [9.17, 15) is 0 Å². The maximum absolute atomic E-state index is 5.96. The van der Waals surface area contributed by atoms with Crippen LogP contribution in [0.15, 0.2) is 73.1 Å². The van der Waals surface area contributed by atoms with Gasteiger partial charge in [0.1, 0.15) is 12.9 Å². The lowest BCUT2D eigenvalue weighted by molar-refractivity contribution is 0.299. The molecule has 0 unspecified atom stereocenters. The van der Waals surface area contributed by atoms with Crippen LogP contribution in [0.3, 0.4) is 0 Å². The van der Waals surface area contributed by atoms with Crippen molar-refractivity contribution in [2.45, 2.75) is 6.61 Å². The molecule has 0 bridgehead atoms. The molecule has 22 heavy (non-hydrogen) atoms. The molecule has 0 radical (unpaired) electrons. The maximum atomic E-state index is 5.96. The van der Waals surface area contributed by atoms with E-state index in [-0.39, 0.29) is 0 Å². The predicted molar refractivity (Wildman–Crippen MR) is 87.8 cm³/mol. The van der Waals surface area contributed by atoms with E-state index < -0.39 is 0 Å². The molecule has 4 rings (SSSR count). The number of benzene rings is 3. The average molecular weight is 286 g/mol. The van der Waals surface area contributed by atoms with Crippen molar-refractivity contribution in [3.05, 3.63) is 78.6 Å². The lowest BCUT2D eigenvalue weighted by Gasteiger charge is -2.10. The van der Waals surface area contributed by atoms with E-state index in [1.165, 1.54) is 10.8 Å². The summed E-state index contributed by atoms with van der Waals surface area (Å²) in [5.74, 6) is 0.624. The number of para-hydroxylation sites is 1. The highest BCUT2D eigenvalue weighted by molar-refractivity contribution is 5.86. The molecule has 1 heterocycles. The first-order valence-electron chi connectivity index (χ1n) is 7.21. The highest BCUT2D eigenvalue weighted by atomic mass is 16.5. The van der Waals surface area contributed by atoms with Gasteiger partial charge in [-0.1, -0.05) is 54.6 Å². The SMILES string of the molecule is c1ccc2c(COc3ncnc4ccccc34)cccc2c1. The number of rotatable bonds is 3. The van der Waals surface area contributed by atoms with Crippen molar-refractivity contribution < 1.29 is 4.74 Å². The number of aromatic nitrogens is 2. The molecular weight excluding hydrogens is 272 g/mol. The largest absolute Gasteiger partial charge is 0.472 e. The fourth-order valence-corrected chi connectivity index (χ4v) is 2.66. The Balaban J connectivity index is 1.69. The minimum absolute atomic E-state index is 0.488. The molecular formula is C19H14N2O. The first kappa shape index (κ1) is 12.8. The standard InChI is InChI=1S/C19H14N2O/c1-2-9-16-14(6-1)7-5-8-15(16)12-22-19-17-10-3-4-11-18(17)20-13-21-19/h1-11,13H,12H2. The van der Waals surface area contributed by atoms with Crippen LogP contribution >= 0.6 is 0 Å². The fourth-order valence-electron chi connectivity index (χ4n) is 2.66. The second-order valence-electron chi connectivity index (χ2n) is 5.12. The van der Waals surface area contributed by atoms with Crippen LogP contribution in [0.1, 0.15) is 5.56 Å². The van der Waals surface area contributed by atoms with Crippen molar-refractivity contribution in [1.29, 1.82) is 0 Å². The van der Waals surface area contributed by atoms with Crippen LogP contribution in [0, 0.1) is 0 Å². The second kappa shape index (κ2) is 5.45. The summed E-state index contributed by atoms with van der Waals surface area (Å²) in [6, 6.07) is 22.4. The Bertz CT molecular complexity index is 860. The third-order valence-corrected chi connectivity index (χ3v) is 3.75. The van der Waals surface area contributed by atoms with Gasteiger partial charge in [0.15, 0.2) is 0 Å². The summed E-state index contributed by atoms with van der Waals surface area (Å²) >= 11 is 0. The molecule has 0 saturated carbocycles. The number of hydrogen-bond acceptors (Lipinski definition) is 3. The van der Waals surface area contributed by atoms with E-state index in [1.807, 2.05) is 36.4 Å². The molecule has 0 amide bonds. The second-order valence-corrected chi connectivity index (χ2v) is 5.12. The van der Waals surface area contributed by atoms with Crippen molar-refractivity contribution in [1.82, 2.24) is 9.97 Å². The Kier molecular flexibility index (Phi) is 3.16. The average Bonchev–Trinajstić information content (AvgIpc) is 2.60. The van der Waals surface area contributed by atoms with Crippen molar-refractivity contribution >= 4 is 21.7 Å². The monoisotopic (exact) mass is 286 g/mol. The summed E-state index contributed by atoms with van der Waals surface area (Å²) in [4.78, 5) is 8.52. The molecule has 0 atom stereocenters. The zero-order valence-corrected chi connectivity index (χ0v) is 11.9. The van der Waals surface area contributed by atoms with E-state index >= 15 is 0 Å². The fraction of sp³-hybridized carbons (Fsp3) is 0.0526. The van der Waals surface area contributed by atoms with Gasteiger partial charge in [-0.2, -0.15) is 0 Å². The summed E-state index contributed by atoms with van der Waals surface area (Å²) in [6.07, 6.45) is 1.54. The number of fused-ring (bicyclic) bond motifs is 2. The van der Waals surface area contributed by atoms with E-state index in [4.69, 9.17) is 4.74 Å². The third-order valence-electron chi connectivity index (χ3n) is 3.75. The molecule has 106 valence electrons. The zero-order valence-electron chi connectivity index (χ0n) is 11.9. The van der Waals surface area contributed by atoms with E-state index in [0.29, 0.717) is 12.5 Å². The molecule has 3 nitrogen and oxygen atoms in total. The van der Waals surface area contributed by atoms with Gasteiger partial charge in [0.25, 0.3) is 0 Å². The van der Waals surface area contributed by atoms with Gasteiger partial charge >= 0.3 is 0 Å². The van der Waals surface area contributed by atoms with Gasteiger partial charge in [0, 0.05) is 0 Å². The van der Waals surface area contributed by atoms with E-state index in [0.717, 1.165) is 16.5 Å². The molecule has 0 aliphatic heterocycles. The minimum atomic E-state index is 0.488. The van der Waals surface area contributed by atoms with Crippen LogP contribution in [0.2, 0.25) is 0 Å². The molecule has 0 aliphatic carbocycles. The van der Waals surface area contributed by atoms with Crippen LogP contribution < -0.4 is 4.74 Å². The summed E-state index contributed by atoms with van der Waals surface area (Å²) < 4.78 is 5.96. The van der Waals surface area contributed by atoms with Gasteiger partial charge in [-0.25, -0.2) is 9.97 Å². The van der Waals surface area contributed by atoms with Crippen LogP contribution in [0.4, 0.5) is 0 Å². The molecule has 0 N–H and O–H groups in total.